The molecule has 0 bridgehead atoms. The Morgan fingerprint density at radius 2 is 2.12 bits per heavy atom. The molecule has 2 aliphatic rings. The monoisotopic (exact) mass is 575 g/mol. The number of anilines is 1. The van der Waals surface area contributed by atoms with Crippen molar-refractivity contribution in [1.82, 2.24) is 19.4 Å². The van der Waals surface area contributed by atoms with Crippen LogP contribution in [0.1, 0.15) is 18.2 Å². The summed E-state index contributed by atoms with van der Waals surface area (Å²) in [4.78, 5) is 39.1. The van der Waals surface area contributed by atoms with Gasteiger partial charge >= 0.3 is 5.69 Å². The number of aromatic hydroxyl groups is 1. The number of aromatic nitrogens is 3. The lowest BCUT2D eigenvalue weighted by atomic mass is 10.00. The summed E-state index contributed by atoms with van der Waals surface area (Å²) in [6.07, 6.45) is 3.50. The number of hydrogen-bond donors (Lipinski definition) is 1. The van der Waals surface area contributed by atoms with Crippen LogP contribution in [0.15, 0.2) is 54.0 Å². The van der Waals surface area contributed by atoms with Gasteiger partial charge in [0.15, 0.2) is 5.75 Å². The van der Waals surface area contributed by atoms with Gasteiger partial charge in [-0.25, -0.2) is 9.18 Å². The Morgan fingerprint density at radius 3 is 2.85 bits per heavy atom. The molecule has 41 heavy (non-hydrogen) atoms. The van der Waals surface area contributed by atoms with E-state index in [0.717, 1.165) is 5.56 Å². The molecule has 4 aromatic rings. The number of carbonyl (C=O) groups is 1. The first-order valence-corrected chi connectivity index (χ1v) is 13.7. The highest BCUT2D eigenvalue weighted by Gasteiger charge is 2.37. The fourth-order valence-corrected chi connectivity index (χ4v) is 6.09. The van der Waals surface area contributed by atoms with Gasteiger partial charge in [0.05, 0.1) is 38.9 Å². The molecule has 2 aromatic heterocycles. The van der Waals surface area contributed by atoms with Crippen molar-refractivity contribution < 1.29 is 19.0 Å². The number of fused-ring (bicyclic) bond motifs is 2. The first kappa shape index (κ1) is 26.8. The van der Waals surface area contributed by atoms with Crippen LogP contribution in [-0.2, 0) is 11.2 Å². The van der Waals surface area contributed by atoms with Gasteiger partial charge < -0.3 is 19.6 Å². The largest absolute Gasteiger partial charge is 0.507 e. The molecule has 0 spiro atoms. The zero-order valence-electron chi connectivity index (χ0n) is 22.5. The van der Waals surface area contributed by atoms with Gasteiger partial charge in [-0.1, -0.05) is 31.2 Å². The molecule has 6 rings (SSSR count). The van der Waals surface area contributed by atoms with Crippen LogP contribution in [0.2, 0.25) is 5.02 Å². The summed E-state index contributed by atoms with van der Waals surface area (Å²) >= 11 is 6.95. The molecule has 2 aromatic carbocycles. The topological polar surface area (TPSA) is 101 Å². The van der Waals surface area contributed by atoms with Crippen LogP contribution < -0.4 is 15.3 Å². The summed E-state index contributed by atoms with van der Waals surface area (Å²) < 4.78 is 23.0. The van der Waals surface area contributed by atoms with Crippen molar-refractivity contribution in [2.75, 3.05) is 31.1 Å². The number of pyridine rings is 1. The smallest absolute Gasteiger partial charge is 0.354 e. The van der Waals surface area contributed by atoms with Gasteiger partial charge in [-0.15, -0.1) is 0 Å². The van der Waals surface area contributed by atoms with Gasteiger partial charge in [0.1, 0.15) is 24.0 Å². The molecule has 1 N–H and O–H groups in total. The second kappa shape index (κ2) is 10.2. The molecular weight excluding hydrogens is 549 g/mol. The lowest BCUT2D eigenvalue weighted by Gasteiger charge is -2.40. The number of aryl methyl sites for hydroxylation is 2. The third-order valence-corrected chi connectivity index (χ3v) is 8.12. The van der Waals surface area contributed by atoms with E-state index in [2.05, 4.69) is 16.5 Å². The Balaban J connectivity index is 1.71. The molecule has 4 heterocycles. The van der Waals surface area contributed by atoms with E-state index in [9.17, 15) is 14.7 Å². The minimum atomic E-state index is -0.682. The highest BCUT2D eigenvalue weighted by Crippen LogP contribution is 2.48. The van der Waals surface area contributed by atoms with Gasteiger partial charge in [0.2, 0.25) is 5.91 Å². The number of benzene rings is 2. The molecular formula is C30H27ClFN5O4. The summed E-state index contributed by atoms with van der Waals surface area (Å²) in [5.74, 6) is -0.602. The summed E-state index contributed by atoms with van der Waals surface area (Å²) in [6.45, 7) is 8.66. The second-order valence-electron chi connectivity index (χ2n) is 10.1. The number of piperazine rings is 1. The molecule has 1 amide bonds. The van der Waals surface area contributed by atoms with E-state index >= 15 is 4.39 Å². The minimum absolute atomic E-state index is 0.0728. The summed E-state index contributed by atoms with van der Waals surface area (Å²) in [5.41, 5.74) is 1.93. The first-order chi connectivity index (χ1) is 19.7. The molecule has 1 atom stereocenters. The Labute approximate surface area is 240 Å². The lowest BCUT2D eigenvalue weighted by Crippen LogP contribution is -2.56. The maximum atomic E-state index is 15.2. The van der Waals surface area contributed by atoms with Crippen molar-refractivity contribution in [2.45, 2.75) is 26.3 Å². The van der Waals surface area contributed by atoms with Crippen LogP contribution in [0.5, 0.6) is 11.5 Å². The first-order valence-electron chi connectivity index (χ1n) is 13.3. The van der Waals surface area contributed by atoms with Gasteiger partial charge in [-0.2, -0.15) is 4.98 Å². The maximum absolute atomic E-state index is 15.2. The number of ether oxygens (including phenoxy) is 1. The summed E-state index contributed by atoms with van der Waals surface area (Å²) in [7, 11) is 0. The number of carbonyl (C=O) groups excluding carboxylic acids is 1. The van der Waals surface area contributed by atoms with E-state index in [1.807, 2.05) is 24.8 Å². The predicted molar refractivity (Wildman–Crippen MR) is 155 cm³/mol. The van der Waals surface area contributed by atoms with Crippen LogP contribution in [0, 0.1) is 12.7 Å². The molecule has 9 nitrogen and oxygen atoms in total. The third kappa shape index (κ3) is 4.21. The number of rotatable bonds is 4. The Morgan fingerprint density at radius 1 is 1.32 bits per heavy atom. The van der Waals surface area contributed by atoms with Crippen molar-refractivity contribution in [3.63, 3.8) is 0 Å². The normalized spacial score (nSPS) is 16.2. The van der Waals surface area contributed by atoms with Gasteiger partial charge in [0, 0.05) is 31.4 Å². The number of phenols is 1. The average molecular weight is 576 g/mol. The molecule has 1 unspecified atom stereocenters. The van der Waals surface area contributed by atoms with E-state index in [4.69, 9.17) is 16.3 Å². The Kier molecular flexibility index (Phi) is 6.65. The third-order valence-electron chi connectivity index (χ3n) is 7.74. The van der Waals surface area contributed by atoms with Crippen LogP contribution in [0.3, 0.4) is 0 Å². The van der Waals surface area contributed by atoms with Gasteiger partial charge in [-0.3, -0.25) is 14.3 Å². The van der Waals surface area contributed by atoms with Crippen molar-refractivity contribution in [1.29, 1.82) is 0 Å². The number of amides is 1. The van der Waals surface area contributed by atoms with Crippen molar-refractivity contribution in [3.05, 3.63) is 81.8 Å². The second-order valence-corrected chi connectivity index (χ2v) is 10.4. The molecule has 0 aliphatic carbocycles. The molecule has 0 radical (unpaired) electrons. The van der Waals surface area contributed by atoms with Crippen molar-refractivity contribution in [3.8, 4) is 28.3 Å². The predicted octanol–water partition coefficient (Wildman–Crippen LogP) is 4.41. The van der Waals surface area contributed by atoms with E-state index in [1.165, 1.54) is 28.8 Å². The maximum Gasteiger partial charge on any atom is 0.354 e. The molecule has 1 saturated heterocycles. The zero-order chi connectivity index (χ0) is 29.0. The van der Waals surface area contributed by atoms with Gasteiger partial charge in [0.25, 0.3) is 0 Å². The number of phenolic OH excluding ortho intramolecular Hbond substituents is 1. The fraction of sp³-hybridized carbons (Fsp3) is 0.267. The molecule has 2 aliphatic heterocycles. The summed E-state index contributed by atoms with van der Waals surface area (Å²) in [6, 6.07) is 7.06. The van der Waals surface area contributed by atoms with Gasteiger partial charge in [-0.05, 0) is 49.2 Å². The highest BCUT2D eigenvalue weighted by molar-refractivity contribution is 6.36. The van der Waals surface area contributed by atoms with Crippen molar-refractivity contribution in [2.24, 2.45) is 0 Å². The highest BCUT2D eigenvalue weighted by atomic mass is 35.5. The Bertz CT molecular complexity index is 1790. The van der Waals surface area contributed by atoms with E-state index in [0.29, 0.717) is 54.2 Å². The van der Waals surface area contributed by atoms with Crippen molar-refractivity contribution >= 4 is 34.2 Å². The van der Waals surface area contributed by atoms with Crippen LogP contribution >= 0.6 is 11.6 Å². The van der Waals surface area contributed by atoms with E-state index in [1.54, 1.807) is 17.2 Å². The quantitative estimate of drug-likeness (QED) is 0.360. The minimum Gasteiger partial charge on any atom is -0.507 e. The number of nitrogens with zero attached hydrogens (tertiary/aromatic N) is 5. The zero-order valence-corrected chi connectivity index (χ0v) is 23.3. The van der Waals surface area contributed by atoms with Crippen LogP contribution in [0.4, 0.5) is 10.2 Å². The van der Waals surface area contributed by atoms with E-state index in [-0.39, 0.29) is 46.2 Å². The number of halogens is 2. The fourth-order valence-electron chi connectivity index (χ4n) is 5.79. The average Bonchev–Trinajstić information content (AvgIpc) is 3.12. The summed E-state index contributed by atoms with van der Waals surface area (Å²) in [5, 5.41) is 11.2. The van der Waals surface area contributed by atoms with Crippen LogP contribution in [0.25, 0.3) is 27.7 Å². The SMILES string of the molecule is C=CC(=O)N1CCN2c3nc(=O)n(-c4c(C)ccnc4CC)c4cc(-c5c(O)cccc5F)c(Cl)c(c34)OCC2C1. The molecule has 11 heteroatoms. The van der Waals surface area contributed by atoms with Crippen LogP contribution in [-0.4, -0.2) is 62.7 Å². The lowest BCUT2D eigenvalue weighted by molar-refractivity contribution is -0.126. The van der Waals surface area contributed by atoms with E-state index < -0.39 is 11.5 Å². The Hall–Kier alpha value is -4.44. The standard InChI is InChI=1S/C30H27ClFN5O4/c1-4-20-27(16(3)9-10-33-20)37-21-13-18(24-19(32)7-6-8-22(24)38)26(31)28-25(21)29(34-30(37)40)36-12-11-35(23(39)5-2)14-17(36)15-41-28/h5-10,13,17,38H,2,4,11-12,14-15H2,1,3H3. The molecule has 210 valence electrons. The number of hydrogen-bond acceptors (Lipinski definition) is 7. The molecule has 1 fully saturated rings. The molecule has 0 saturated carbocycles.